The zero-order valence-corrected chi connectivity index (χ0v) is 11.2. The molecule has 0 aliphatic carbocycles. The molecule has 3 rings (SSSR count). The molecular weight excluding hydrogens is 252 g/mol. The van der Waals surface area contributed by atoms with Crippen LogP contribution in [0, 0.1) is 0 Å². The van der Waals surface area contributed by atoms with Crippen LogP contribution in [0.3, 0.4) is 0 Å². The number of hydrogen-bond acceptors (Lipinski definition) is 3. The molecule has 0 aromatic carbocycles. The third-order valence-electron chi connectivity index (χ3n) is 3.65. The fourth-order valence-electron chi connectivity index (χ4n) is 2.62. The van der Waals surface area contributed by atoms with Gasteiger partial charge in [0.05, 0.1) is 0 Å². The largest absolute Gasteiger partial charge is 0.340 e. The molecular formula is C15H18N4O. The third-order valence-corrected chi connectivity index (χ3v) is 3.65. The molecule has 2 N–H and O–H groups in total. The molecule has 0 unspecified atom stereocenters. The normalized spacial score (nSPS) is 16.0. The van der Waals surface area contributed by atoms with E-state index in [0.717, 1.165) is 31.6 Å². The van der Waals surface area contributed by atoms with E-state index >= 15 is 0 Å². The maximum absolute atomic E-state index is 12.4. The predicted molar refractivity (Wildman–Crippen MR) is 77.8 cm³/mol. The first-order chi connectivity index (χ1) is 9.84. The van der Waals surface area contributed by atoms with Crippen LogP contribution in [0.25, 0.3) is 0 Å². The number of piperidine rings is 1. The number of nitrogens with zero attached hydrogens (tertiary/aromatic N) is 2. The van der Waals surface area contributed by atoms with Crippen molar-refractivity contribution in [3.05, 3.63) is 48.5 Å². The fraction of sp³-hybridized carbons (Fsp3) is 0.333. The number of nitrogens with one attached hydrogen (secondary N) is 2. The lowest BCUT2D eigenvalue weighted by molar-refractivity contribution is 0.101. The van der Waals surface area contributed by atoms with Gasteiger partial charge in [0, 0.05) is 30.3 Å². The van der Waals surface area contributed by atoms with Crippen molar-refractivity contribution in [2.24, 2.45) is 0 Å². The Morgan fingerprint density at radius 1 is 1.25 bits per heavy atom. The summed E-state index contributed by atoms with van der Waals surface area (Å²) < 4.78 is 2.09. The van der Waals surface area contributed by atoms with E-state index in [1.54, 1.807) is 24.5 Å². The topological polar surface area (TPSA) is 59.0 Å². The highest BCUT2D eigenvalue weighted by Gasteiger charge is 2.19. The van der Waals surface area contributed by atoms with Crippen LogP contribution in [0.4, 0.5) is 5.69 Å². The standard InChI is InChI=1S/C15H18N4O/c20-15(18-12-3-7-16-8-4-12)14-2-1-11-19(14)13-5-9-17-10-6-13/h1-4,7-8,11,13,17H,5-6,9-10H2,(H,16,18,20). The van der Waals surface area contributed by atoms with Crippen LogP contribution in [0.5, 0.6) is 0 Å². The molecule has 1 aliphatic rings. The van der Waals surface area contributed by atoms with Gasteiger partial charge in [-0.3, -0.25) is 9.78 Å². The van der Waals surface area contributed by atoms with Crippen molar-refractivity contribution in [2.75, 3.05) is 18.4 Å². The summed E-state index contributed by atoms with van der Waals surface area (Å²) in [6.07, 6.45) is 7.45. The maximum atomic E-state index is 12.4. The smallest absolute Gasteiger partial charge is 0.272 e. The second-order valence-electron chi connectivity index (χ2n) is 4.97. The lowest BCUT2D eigenvalue weighted by atomic mass is 10.1. The van der Waals surface area contributed by atoms with Crippen molar-refractivity contribution in [3.8, 4) is 0 Å². The summed E-state index contributed by atoms with van der Waals surface area (Å²) in [5.41, 5.74) is 1.48. The lowest BCUT2D eigenvalue weighted by Gasteiger charge is -2.25. The van der Waals surface area contributed by atoms with E-state index in [1.807, 2.05) is 18.3 Å². The van der Waals surface area contributed by atoms with E-state index in [4.69, 9.17) is 0 Å². The molecule has 3 heterocycles. The minimum absolute atomic E-state index is 0.0697. The van der Waals surface area contributed by atoms with Crippen molar-refractivity contribution in [2.45, 2.75) is 18.9 Å². The number of pyridine rings is 1. The number of aromatic nitrogens is 2. The summed E-state index contributed by atoms with van der Waals surface area (Å²) in [5, 5.41) is 6.25. The van der Waals surface area contributed by atoms with Crippen molar-refractivity contribution in [1.82, 2.24) is 14.9 Å². The zero-order valence-electron chi connectivity index (χ0n) is 11.2. The van der Waals surface area contributed by atoms with Crippen molar-refractivity contribution < 1.29 is 4.79 Å². The Morgan fingerprint density at radius 3 is 2.75 bits per heavy atom. The van der Waals surface area contributed by atoms with E-state index < -0.39 is 0 Å². The quantitative estimate of drug-likeness (QED) is 0.897. The number of amides is 1. The molecule has 5 nitrogen and oxygen atoms in total. The number of carbonyl (C=O) groups is 1. The molecule has 0 radical (unpaired) electrons. The van der Waals surface area contributed by atoms with Crippen LogP contribution >= 0.6 is 0 Å². The first-order valence-corrected chi connectivity index (χ1v) is 6.93. The highest BCUT2D eigenvalue weighted by molar-refractivity contribution is 6.03. The van der Waals surface area contributed by atoms with Gasteiger partial charge in [0.2, 0.25) is 0 Å². The summed E-state index contributed by atoms with van der Waals surface area (Å²) in [6, 6.07) is 7.79. The van der Waals surface area contributed by atoms with E-state index in [1.165, 1.54) is 0 Å². The Labute approximate surface area is 118 Å². The molecule has 0 saturated carbocycles. The SMILES string of the molecule is O=C(Nc1ccncc1)c1cccn1C1CCNCC1. The van der Waals surface area contributed by atoms with Crippen LogP contribution < -0.4 is 10.6 Å². The van der Waals surface area contributed by atoms with Gasteiger partial charge in [0.25, 0.3) is 5.91 Å². The molecule has 1 saturated heterocycles. The average molecular weight is 270 g/mol. The van der Waals surface area contributed by atoms with Gasteiger partial charge in [-0.05, 0) is 50.2 Å². The maximum Gasteiger partial charge on any atom is 0.272 e. The third kappa shape index (κ3) is 2.72. The first-order valence-electron chi connectivity index (χ1n) is 6.93. The van der Waals surface area contributed by atoms with Gasteiger partial charge in [-0.2, -0.15) is 0 Å². The van der Waals surface area contributed by atoms with Gasteiger partial charge in [-0.15, -0.1) is 0 Å². The Hall–Kier alpha value is -2.14. The minimum Gasteiger partial charge on any atom is -0.340 e. The molecule has 104 valence electrons. The molecule has 1 aliphatic heterocycles. The van der Waals surface area contributed by atoms with Crippen molar-refractivity contribution >= 4 is 11.6 Å². The monoisotopic (exact) mass is 270 g/mol. The van der Waals surface area contributed by atoms with Crippen molar-refractivity contribution in [1.29, 1.82) is 0 Å². The van der Waals surface area contributed by atoms with Crippen LogP contribution in [0.1, 0.15) is 29.4 Å². The van der Waals surface area contributed by atoms with Gasteiger partial charge in [0.1, 0.15) is 5.69 Å². The van der Waals surface area contributed by atoms with Gasteiger partial charge in [0.15, 0.2) is 0 Å². The summed E-state index contributed by atoms with van der Waals surface area (Å²) >= 11 is 0. The molecule has 2 aromatic rings. The van der Waals surface area contributed by atoms with Gasteiger partial charge >= 0.3 is 0 Å². The summed E-state index contributed by atoms with van der Waals surface area (Å²) in [7, 11) is 0. The first kappa shape index (κ1) is 12.9. The summed E-state index contributed by atoms with van der Waals surface area (Å²) in [4.78, 5) is 16.3. The minimum atomic E-state index is -0.0697. The molecule has 1 fully saturated rings. The van der Waals surface area contributed by atoms with Gasteiger partial charge in [-0.1, -0.05) is 0 Å². The molecule has 0 spiro atoms. The number of rotatable bonds is 3. The molecule has 0 bridgehead atoms. The number of carbonyl (C=O) groups excluding carboxylic acids is 1. The van der Waals surface area contributed by atoms with Crippen LogP contribution in [-0.4, -0.2) is 28.5 Å². The predicted octanol–water partition coefficient (Wildman–Crippen LogP) is 2.06. The highest BCUT2D eigenvalue weighted by Crippen LogP contribution is 2.21. The Balaban J connectivity index is 1.77. The average Bonchev–Trinajstić information content (AvgIpc) is 2.99. The molecule has 20 heavy (non-hydrogen) atoms. The van der Waals surface area contributed by atoms with Gasteiger partial charge in [-0.25, -0.2) is 0 Å². The van der Waals surface area contributed by atoms with E-state index in [0.29, 0.717) is 11.7 Å². The van der Waals surface area contributed by atoms with Crippen molar-refractivity contribution in [3.63, 3.8) is 0 Å². The molecule has 1 amide bonds. The second-order valence-corrected chi connectivity index (χ2v) is 4.97. The van der Waals surface area contributed by atoms with Crippen LogP contribution in [-0.2, 0) is 0 Å². The highest BCUT2D eigenvalue weighted by atomic mass is 16.1. The second kappa shape index (κ2) is 5.88. The van der Waals surface area contributed by atoms with E-state index in [2.05, 4.69) is 20.2 Å². The van der Waals surface area contributed by atoms with Crippen LogP contribution in [0.15, 0.2) is 42.9 Å². The lowest BCUT2D eigenvalue weighted by Crippen LogP contribution is -2.31. The summed E-state index contributed by atoms with van der Waals surface area (Å²) in [5.74, 6) is -0.0697. The molecule has 5 heteroatoms. The zero-order chi connectivity index (χ0) is 13.8. The Kier molecular flexibility index (Phi) is 3.78. The molecule has 0 atom stereocenters. The Bertz CT molecular complexity index is 573. The van der Waals surface area contributed by atoms with E-state index in [-0.39, 0.29) is 5.91 Å². The molecule has 2 aromatic heterocycles. The summed E-state index contributed by atoms with van der Waals surface area (Å²) in [6.45, 7) is 2.02. The van der Waals surface area contributed by atoms with Gasteiger partial charge < -0.3 is 15.2 Å². The fourth-order valence-corrected chi connectivity index (χ4v) is 2.62. The number of hydrogen-bond donors (Lipinski definition) is 2. The van der Waals surface area contributed by atoms with Crippen LogP contribution in [0.2, 0.25) is 0 Å². The Morgan fingerprint density at radius 2 is 2.00 bits per heavy atom. The number of anilines is 1. The van der Waals surface area contributed by atoms with E-state index in [9.17, 15) is 4.79 Å².